The molecule has 2 amide bonds. The average Bonchev–Trinajstić information content (AvgIpc) is 3.91. The number of nitrogens with one attached hydrogen (secondary N) is 1. The predicted octanol–water partition coefficient (Wildman–Crippen LogP) is 5.14. The Morgan fingerprint density at radius 3 is 2.52 bits per heavy atom. The summed E-state index contributed by atoms with van der Waals surface area (Å²) in [7, 11) is 1.61. The van der Waals surface area contributed by atoms with Gasteiger partial charge in [0, 0.05) is 25.0 Å². The number of nitrogens with zero attached hydrogens (tertiary/aromatic N) is 5. The Balaban J connectivity index is 1.30. The van der Waals surface area contributed by atoms with Gasteiger partial charge in [-0.15, -0.1) is 0 Å². The number of nitrogens with two attached hydrogens (primary N) is 1. The summed E-state index contributed by atoms with van der Waals surface area (Å²) in [5.74, 6) is 7.24. The second-order valence-electron chi connectivity index (χ2n) is 11.7. The lowest BCUT2D eigenvalue weighted by Gasteiger charge is -2.17. The number of rotatable bonds is 8. The van der Waals surface area contributed by atoms with E-state index in [1.807, 2.05) is 36.5 Å². The van der Waals surface area contributed by atoms with Crippen molar-refractivity contribution >= 4 is 40.3 Å². The van der Waals surface area contributed by atoms with E-state index in [1.165, 1.54) is 10.5 Å². The van der Waals surface area contributed by atoms with Gasteiger partial charge in [0.25, 0.3) is 5.91 Å². The van der Waals surface area contributed by atoms with Gasteiger partial charge in [-0.05, 0) is 73.3 Å². The van der Waals surface area contributed by atoms with Gasteiger partial charge in [-0.2, -0.15) is 10.2 Å². The van der Waals surface area contributed by atoms with Gasteiger partial charge in [0.05, 0.1) is 41.5 Å². The van der Waals surface area contributed by atoms with E-state index in [0.29, 0.717) is 47.9 Å². The molecule has 0 radical (unpaired) electrons. The number of carboxylic acid groups (broad SMARTS) is 1. The first-order valence-corrected chi connectivity index (χ1v) is 15.2. The van der Waals surface area contributed by atoms with Gasteiger partial charge < -0.3 is 25.8 Å². The molecule has 4 N–H and O–H groups in total. The van der Waals surface area contributed by atoms with E-state index in [2.05, 4.69) is 21.8 Å². The van der Waals surface area contributed by atoms with Crippen LogP contribution in [0.5, 0.6) is 5.75 Å². The molecule has 1 atom stereocenters. The normalized spacial score (nSPS) is 17.9. The highest BCUT2D eigenvalue weighted by Gasteiger charge is 2.34. The van der Waals surface area contributed by atoms with E-state index in [-0.39, 0.29) is 23.8 Å². The molecule has 3 aliphatic rings. The summed E-state index contributed by atoms with van der Waals surface area (Å²) in [6.07, 6.45) is 5.86. The van der Waals surface area contributed by atoms with Crippen LogP contribution in [0.3, 0.4) is 0 Å². The third kappa shape index (κ3) is 5.19. The lowest BCUT2D eigenvalue weighted by Crippen LogP contribution is -2.27. The number of methoxy groups -OCH3 is 1. The van der Waals surface area contributed by atoms with E-state index in [4.69, 9.17) is 32.3 Å². The van der Waals surface area contributed by atoms with Gasteiger partial charge in [0.1, 0.15) is 17.1 Å². The summed E-state index contributed by atoms with van der Waals surface area (Å²) >= 11 is 6.84. The molecule has 44 heavy (non-hydrogen) atoms. The maximum Gasteiger partial charge on any atom is 0.407 e. The highest BCUT2D eigenvalue weighted by atomic mass is 35.5. The van der Waals surface area contributed by atoms with Crippen molar-refractivity contribution in [2.75, 3.05) is 25.5 Å². The van der Waals surface area contributed by atoms with Crippen molar-refractivity contribution in [3.05, 3.63) is 69.5 Å². The van der Waals surface area contributed by atoms with Crippen LogP contribution < -0.4 is 15.8 Å². The minimum Gasteiger partial charge on any atom is -0.497 e. The zero-order valence-corrected chi connectivity index (χ0v) is 25.0. The van der Waals surface area contributed by atoms with Crippen LogP contribution in [0.4, 0.5) is 10.6 Å². The number of amides is 2. The Kier molecular flexibility index (Phi) is 7.09. The molecule has 2 aromatic heterocycles. The average molecular weight is 614 g/mol. The number of halogens is 1. The molecule has 0 bridgehead atoms. The van der Waals surface area contributed by atoms with Crippen LogP contribution in [-0.4, -0.2) is 61.8 Å². The maximum atomic E-state index is 12.9. The molecule has 2 aliphatic carbocycles. The van der Waals surface area contributed by atoms with Gasteiger partial charge in [0.15, 0.2) is 5.69 Å². The van der Waals surface area contributed by atoms with Gasteiger partial charge in [-0.3, -0.25) is 9.48 Å². The number of likely N-dealkylation sites (tertiary alicyclic amines) is 1. The lowest BCUT2D eigenvalue weighted by molar-refractivity contribution is 0.100. The van der Waals surface area contributed by atoms with Gasteiger partial charge in [-0.1, -0.05) is 29.7 Å². The van der Waals surface area contributed by atoms with Crippen LogP contribution in [0.15, 0.2) is 36.5 Å². The fraction of sp³-hybridized carbons (Fsp3) is 0.375. The monoisotopic (exact) mass is 613 g/mol. The molecule has 0 spiro atoms. The first-order chi connectivity index (χ1) is 21.3. The third-order valence-electron chi connectivity index (χ3n) is 8.63. The Hall–Kier alpha value is -4.69. The number of benzene rings is 2. The molecule has 0 unspecified atom stereocenters. The van der Waals surface area contributed by atoms with Crippen molar-refractivity contribution in [1.82, 2.24) is 24.5 Å². The second kappa shape index (κ2) is 11.1. The van der Waals surface area contributed by atoms with E-state index in [1.54, 1.807) is 11.8 Å². The smallest absolute Gasteiger partial charge is 0.407 e. The maximum absolute atomic E-state index is 12.9. The number of ether oxygens (including phenoxy) is 1. The first-order valence-electron chi connectivity index (χ1n) is 14.8. The largest absolute Gasteiger partial charge is 0.497 e. The molecule has 12 heteroatoms. The van der Waals surface area contributed by atoms with Crippen molar-refractivity contribution < 1.29 is 19.4 Å². The SMILES string of the molecule is COc1ccc(CNc2c(C(N)=O)c(C#Cc3c(Cl)cc(C4CC4)c4c3cnn4C3CC3)nn2[C@H]2CCN(C(=O)O)C2)cc1. The summed E-state index contributed by atoms with van der Waals surface area (Å²) in [5.41, 5.74) is 10.2. The molecule has 7 rings (SSSR count). The predicted molar refractivity (Wildman–Crippen MR) is 165 cm³/mol. The molecule has 3 fully saturated rings. The number of fused-ring (bicyclic) bond motifs is 1. The van der Waals surface area contributed by atoms with Crippen molar-refractivity contribution in [2.45, 2.75) is 56.7 Å². The fourth-order valence-electron chi connectivity index (χ4n) is 6.02. The van der Waals surface area contributed by atoms with E-state index < -0.39 is 12.0 Å². The Labute approximate surface area is 258 Å². The fourth-order valence-corrected chi connectivity index (χ4v) is 6.29. The zero-order chi connectivity index (χ0) is 30.5. The molecule has 2 saturated carbocycles. The number of hydrogen-bond donors (Lipinski definition) is 3. The summed E-state index contributed by atoms with van der Waals surface area (Å²) in [4.78, 5) is 26.0. The number of carbonyl (C=O) groups excluding carboxylic acids is 1. The molecule has 226 valence electrons. The molecule has 11 nitrogen and oxygen atoms in total. The summed E-state index contributed by atoms with van der Waals surface area (Å²) in [6.45, 7) is 0.957. The summed E-state index contributed by atoms with van der Waals surface area (Å²) < 4.78 is 9.04. The number of carbonyl (C=O) groups is 2. The van der Waals surface area contributed by atoms with Crippen LogP contribution in [0.2, 0.25) is 5.02 Å². The van der Waals surface area contributed by atoms with Crippen LogP contribution in [0.25, 0.3) is 10.9 Å². The molecular weight excluding hydrogens is 582 g/mol. The van der Waals surface area contributed by atoms with Gasteiger partial charge >= 0.3 is 6.09 Å². The molecule has 1 aliphatic heterocycles. The highest BCUT2D eigenvalue weighted by molar-refractivity contribution is 6.33. The minimum atomic E-state index is -0.998. The Morgan fingerprint density at radius 1 is 1.11 bits per heavy atom. The number of anilines is 1. The first kappa shape index (κ1) is 28.1. The second-order valence-corrected chi connectivity index (χ2v) is 12.1. The topological polar surface area (TPSA) is 141 Å². The van der Waals surface area contributed by atoms with Crippen LogP contribution in [-0.2, 0) is 6.54 Å². The zero-order valence-electron chi connectivity index (χ0n) is 24.2. The van der Waals surface area contributed by atoms with E-state index in [0.717, 1.165) is 47.9 Å². The summed E-state index contributed by atoms with van der Waals surface area (Å²) in [6, 6.07) is 9.65. The molecule has 2 aromatic carbocycles. The molecule has 4 aromatic rings. The van der Waals surface area contributed by atoms with Crippen LogP contribution >= 0.6 is 11.6 Å². The quantitative estimate of drug-likeness (QED) is 0.234. The molecule has 1 saturated heterocycles. The van der Waals surface area contributed by atoms with Crippen molar-refractivity contribution in [1.29, 1.82) is 0 Å². The van der Waals surface area contributed by atoms with Gasteiger partial charge in [0.2, 0.25) is 0 Å². The van der Waals surface area contributed by atoms with Crippen molar-refractivity contribution in [3.63, 3.8) is 0 Å². The van der Waals surface area contributed by atoms with E-state index >= 15 is 0 Å². The third-order valence-corrected chi connectivity index (χ3v) is 8.93. The van der Waals surface area contributed by atoms with Gasteiger partial charge in [-0.25, -0.2) is 9.48 Å². The van der Waals surface area contributed by atoms with E-state index in [9.17, 15) is 14.7 Å². The summed E-state index contributed by atoms with van der Waals surface area (Å²) in [5, 5.41) is 23.8. The standard InChI is InChI=1S/C32H32ClN7O4/c1-44-22-8-2-18(3-9-22)15-35-31-28(30(34)41)27(37-40(31)21-12-13-38(17-21)32(42)43)11-10-23-25-16-36-39(20-6-7-20)29(25)24(14-26(23)33)19-4-5-19/h2-3,8-9,14,16,19-21,35H,4-7,12-13,15,17H2,1H3,(H2,34,41)(H,42,43)/t21-/m0/s1. The van der Waals surface area contributed by atoms with Crippen LogP contribution in [0.1, 0.15) is 82.8 Å². The molecular formula is C32H32ClN7O4. The van der Waals surface area contributed by atoms with Crippen molar-refractivity contribution in [3.8, 4) is 17.6 Å². The number of hydrogen-bond acceptors (Lipinski definition) is 6. The number of aromatic nitrogens is 4. The Morgan fingerprint density at radius 2 is 1.89 bits per heavy atom. The highest BCUT2D eigenvalue weighted by Crippen LogP contribution is 2.47. The molecule has 3 heterocycles. The van der Waals surface area contributed by atoms with Crippen LogP contribution in [0, 0.1) is 11.8 Å². The minimum absolute atomic E-state index is 0.149. The van der Waals surface area contributed by atoms with Crippen molar-refractivity contribution in [2.24, 2.45) is 5.73 Å². The number of primary amides is 1. The lowest BCUT2D eigenvalue weighted by atomic mass is 10.0. The Bertz CT molecular complexity index is 1840.